The number of carbonyl (C=O) groups is 1. The summed E-state index contributed by atoms with van der Waals surface area (Å²) in [6.07, 6.45) is 6.87. The van der Waals surface area contributed by atoms with Gasteiger partial charge < -0.3 is 10.1 Å². The molecule has 4 aromatic rings. The van der Waals surface area contributed by atoms with Gasteiger partial charge in [0.15, 0.2) is 5.78 Å². The topological polar surface area (TPSA) is 50.2 Å². The van der Waals surface area contributed by atoms with E-state index in [-0.39, 0.29) is 43.5 Å². The van der Waals surface area contributed by atoms with Crippen LogP contribution in [-0.2, 0) is 24.9 Å². The minimum Gasteiger partial charge on any atom is -0.512 e. The van der Waals surface area contributed by atoms with Crippen LogP contribution in [0.1, 0.15) is 106 Å². The fourth-order valence-corrected chi connectivity index (χ4v) is 15.3. The molecule has 0 atom stereocenters. The van der Waals surface area contributed by atoms with Crippen molar-refractivity contribution in [3.63, 3.8) is 0 Å². The molecule has 4 rings (SSSR count). The summed E-state index contributed by atoms with van der Waals surface area (Å²) in [5.74, 6) is 0.547. The van der Waals surface area contributed by atoms with E-state index in [0.29, 0.717) is 16.6 Å². The van der Waals surface area contributed by atoms with Crippen molar-refractivity contribution in [1.82, 2.24) is 4.98 Å². The number of carbonyl (C=O) groups excluding carboxylic acids is 1. The minimum atomic E-state index is -1.77. The number of benzene rings is 3. The zero-order chi connectivity index (χ0) is 35.1. The molecule has 263 valence electrons. The predicted octanol–water partition coefficient (Wildman–Crippen LogP) is 12.2. The number of hydrogen-bond acceptors (Lipinski definition) is 3. The number of hydrogen-bond donors (Lipinski definition) is 1. The van der Waals surface area contributed by atoms with Crippen molar-refractivity contribution in [1.29, 1.82) is 0 Å². The average molecular weight is 843 g/mol. The molecule has 3 nitrogen and oxygen atoms in total. The molecule has 3 aromatic carbocycles. The number of aryl methyl sites for hydroxylation is 2. The van der Waals surface area contributed by atoms with Crippen LogP contribution >= 0.6 is 0 Å². The Hall–Kier alpha value is -2.59. The van der Waals surface area contributed by atoms with Crippen molar-refractivity contribution in [3.8, 4) is 11.3 Å². The van der Waals surface area contributed by atoms with E-state index in [2.05, 4.69) is 110 Å². The van der Waals surface area contributed by atoms with E-state index in [0.717, 1.165) is 42.5 Å². The molecule has 0 saturated heterocycles. The van der Waals surface area contributed by atoms with Crippen molar-refractivity contribution in [2.24, 2.45) is 11.8 Å². The SMILES string of the molecule is CCC(CC)C(=O)/C=C(\O)C(CC)CC.Cc1[c-]c(-c2nccc3c2ccc2c([Si](C(C)C)(C(C)C)C(C)C)cccc23)cc(C)c1.[Ir]. The van der Waals surface area contributed by atoms with Gasteiger partial charge in [-0.3, -0.25) is 4.79 Å². The molecule has 0 aliphatic rings. The van der Waals surface area contributed by atoms with Crippen molar-refractivity contribution < 1.29 is 30.0 Å². The molecule has 0 saturated carbocycles. The molecule has 48 heavy (non-hydrogen) atoms. The molecule has 0 unspecified atom stereocenters. The minimum absolute atomic E-state index is 0. The zero-order valence-corrected chi connectivity index (χ0v) is 35.0. The molecule has 0 aliphatic carbocycles. The monoisotopic (exact) mass is 843 g/mol. The fraction of sp³-hybridized carbons (Fsp3) is 0.488. The third-order valence-electron chi connectivity index (χ3n) is 10.6. The molecule has 5 heteroatoms. The van der Waals surface area contributed by atoms with Crippen LogP contribution in [-0.4, -0.2) is 23.9 Å². The Balaban J connectivity index is 0.000000427. The number of rotatable bonds is 12. The number of allylic oxidation sites excluding steroid dienone is 2. The van der Waals surface area contributed by atoms with E-state index in [1.165, 1.54) is 33.2 Å². The number of aromatic nitrogens is 1. The van der Waals surface area contributed by atoms with Gasteiger partial charge in [-0.05, 0) is 75.6 Å². The Morgan fingerprint density at radius 1 is 0.771 bits per heavy atom. The summed E-state index contributed by atoms with van der Waals surface area (Å²) in [5.41, 5.74) is 6.56. The Bertz CT molecular complexity index is 1640. The second kappa shape index (κ2) is 18.4. The summed E-state index contributed by atoms with van der Waals surface area (Å²) in [5, 5.41) is 16.7. The van der Waals surface area contributed by atoms with Crippen molar-refractivity contribution >= 4 is 40.6 Å². The van der Waals surface area contributed by atoms with E-state index < -0.39 is 8.07 Å². The average Bonchev–Trinajstić information content (AvgIpc) is 3.01. The van der Waals surface area contributed by atoms with Gasteiger partial charge in [-0.15, -0.1) is 34.9 Å². The van der Waals surface area contributed by atoms with Crippen molar-refractivity contribution in [2.75, 3.05) is 0 Å². The molecular weight excluding hydrogens is 783 g/mol. The van der Waals surface area contributed by atoms with Crippen molar-refractivity contribution in [2.45, 2.75) is 125 Å². The van der Waals surface area contributed by atoms with Crippen LogP contribution in [0.4, 0.5) is 0 Å². The quantitative estimate of drug-likeness (QED) is 0.0508. The normalized spacial score (nSPS) is 12.3. The Kier molecular flexibility index (Phi) is 15.9. The summed E-state index contributed by atoms with van der Waals surface area (Å²) in [6.45, 7) is 27.0. The van der Waals surface area contributed by atoms with Crippen LogP contribution < -0.4 is 5.19 Å². The van der Waals surface area contributed by atoms with E-state index in [1.807, 2.05) is 33.9 Å². The number of aliphatic hydroxyl groups is 1. The van der Waals surface area contributed by atoms with Crippen LogP contribution in [0.5, 0.6) is 0 Å². The van der Waals surface area contributed by atoms with Gasteiger partial charge in [-0.25, -0.2) is 0 Å². The number of nitrogens with zero attached hydrogens (tertiary/aromatic N) is 1. The largest absolute Gasteiger partial charge is 0.512 e. The van der Waals surface area contributed by atoms with Crippen LogP contribution in [0.3, 0.4) is 0 Å². The molecular formula is C43H60IrNO2Si-. The van der Waals surface area contributed by atoms with Crippen LogP contribution in [0.25, 0.3) is 32.8 Å². The molecule has 0 amide bonds. The van der Waals surface area contributed by atoms with Gasteiger partial charge in [-0.2, -0.15) is 0 Å². The number of fused-ring (bicyclic) bond motifs is 3. The molecule has 1 heterocycles. The fourth-order valence-electron chi connectivity index (χ4n) is 8.35. The first kappa shape index (κ1) is 41.6. The Morgan fingerprint density at radius 2 is 1.31 bits per heavy atom. The van der Waals surface area contributed by atoms with Gasteiger partial charge >= 0.3 is 0 Å². The van der Waals surface area contributed by atoms with Gasteiger partial charge in [0.05, 0.1) is 13.8 Å². The van der Waals surface area contributed by atoms with Gasteiger partial charge in [0.1, 0.15) is 0 Å². The second-order valence-electron chi connectivity index (χ2n) is 14.4. The molecule has 0 fully saturated rings. The third kappa shape index (κ3) is 8.76. The maximum absolute atomic E-state index is 11.7. The predicted molar refractivity (Wildman–Crippen MR) is 208 cm³/mol. The van der Waals surface area contributed by atoms with Gasteiger partial charge in [0.25, 0.3) is 0 Å². The molecule has 1 radical (unpaired) electrons. The maximum atomic E-state index is 11.7. The molecule has 0 spiro atoms. The summed E-state index contributed by atoms with van der Waals surface area (Å²) >= 11 is 0. The van der Waals surface area contributed by atoms with E-state index in [9.17, 15) is 9.90 Å². The van der Waals surface area contributed by atoms with Crippen LogP contribution in [0.15, 0.2) is 66.6 Å². The smallest absolute Gasteiger partial charge is 0.162 e. The molecule has 0 aliphatic heterocycles. The summed E-state index contributed by atoms with van der Waals surface area (Å²) < 4.78 is 0. The van der Waals surface area contributed by atoms with E-state index in [4.69, 9.17) is 4.98 Å². The van der Waals surface area contributed by atoms with Crippen molar-refractivity contribution in [3.05, 3.63) is 83.8 Å². The zero-order valence-electron chi connectivity index (χ0n) is 31.6. The van der Waals surface area contributed by atoms with Crippen LogP contribution in [0.2, 0.25) is 16.6 Å². The van der Waals surface area contributed by atoms with Gasteiger partial charge in [-0.1, -0.05) is 119 Å². The maximum Gasteiger partial charge on any atom is 0.162 e. The van der Waals surface area contributed by atoms with Crippen LogP contribution in [0, 0.1) is 31.7 Å². The summed E-state index contributed by atoms with van der Waals surface area (Å²) in [6, 6.07) is 21.8. The van der Waals surface area contributed by atoms with E-state index in [1.54, 1.807) is 5.19 Å². The Morgan fingerprint density at radius 3 is 1.83 bits per heavy atom. The molecule has 1 N–H and O–H groups in total. The first-order chi connectivity index (χ1) is 22.3. The number of aliphatic hydroxyl groups excluding tert-OH is 1. The first-order valence-corrected chi connectivity index (χ1v) is 20.3. The third-order valence-corrected chi connectivity index (χ3v) is 17.7. The Labute approximate surface area is 306 Å². The van der Waals surface area contributed by atoms with Gasteiger partial charge in [0.2, 0.25) is 0 Å². The number of pyridine rings is 1. The van der Waals surface area contributed by atoms with E-state index >= 15 is 0 Å². The first-order valence-electron chi connectivity index (χ1n) is 18.0. The molecule has 1 aromatic heterocycles. The molecule has 0 bridgehead atoms. The summed E-state index contributed by atoms with van der Waals surface area (Å²) in [7, 11) is -1.77. The van der Waals surface area contributed by atoms with Gasteiger partial charge in [0, 0.05) is 44.2 Å². The number of ketones is 1. The standard InChI is InChI=1S/C30H36NSi.C13H24O2.Ir/c1-19(2)32(20(3)4,21(5)6)29-11-9-10-25-26-14-15-31-30(28(26)13-12-27(25)29)24-17-22(7)16-23(8)18-24;1-5-10(6-2)12(14)9-13(15)11(7-3)8-4;/h9-17,19-21H,1-8H3;9-11,14H,5-8H2,1-4H3;/q-1;;/b;12-9-;. The second-order valence-corrected chi connectivity index (χ2v) is 20.2. The summed E-state index contributed by atoms with van der Waals surface area (Å²) in [4.78, 5) is 16.5.